The Morgan fingerprint density at radius 1 is 1.14 bits per heavy atom. The average molecular weight is 422 g/mol. The molecule has 0 bridgehead atoms. The normalized spacial score (nSPS) is 12.2. The molecule has 29 heavy (non-hydrogen) atoms. The van der Waals surface area contributed by atoms with Gasteiger partial charge in [-0.25, -0.2) is 18.0 Å². The minimum atomic E-state index is -3.51. The first kappa shape index (κ1) is 22.2. The van der Waals surface area contributed by atoms with Crippen molar-refractivity contribution in [3.63, 3.8) is 0 Å². The summed E-state index contributed by atoms with van der Waals surface area (Å²) >= 11 is 0. The zero-order valence-corrected chi connectivity index (χ0v) is 17.5. The summed E-state index contributed by atoms with van der Waals surface area (Å²) in [5, 5.41) is 0. The van der Waals surface area contributed by atoms with Crippen LogP contribution in [0.2, 0.25) is 0 Å². The maximum absolute atomic E-state index is 12.7. The van der Waals surface area contributed by atoms with E-state index < -0.39 is 33.8 Å². The van der Waals surface area contributed by atoms with Gasteiger partial charge >= 0.3 is 11.9 Å². The molecule has 0 saturated heterocycles. The predicted octanol–water partition coefficient (Wildman–Crippen LogP) is 2.22. The minimum absolute atomic E-state index is 0.0768. The summed E-state index contributed by atoms with van der Waals surface area (Å²) in [5.41, 5.74) is 1.55. The summed E-state index contributed by atoms with van der Waals surface area (Å²) in [6.45, 7) is 4.64. The Kier molecular flexibility index (Phi) is 6.48. The maximum Gasteiger partial charge on any atom is 0.339 e. The highest BCUT2D eigenvalue weighted by molar-refractivity contribution is 7.92. The van der Waals surface area contributed by atoms with E-state index in [-0.39, 0.29) is 22.5 Å². The zero-order chi connectivity index (χ0) is 21.9. The van der Waals surface area contributed by atoms with Gasteiger partial charge in [0, 0.05) is 11.4 Å². The number of ether oxygens (including phenoxy) is 2. The molecule has 1 atom stereocenters. The van der Waals surface area contributed by atoms with Crippen LogP contribution in [0.15, 0.2) is 24.3 Å². The van der Waals surface area contributed by atoms with Crippen LogP contribution in [0.5, 0.6) is 0 Å². The number of benzene rings is 1. The Balaban J connectivity index is 2.19. The van der Waals surface area contributed by atoms with Gasteiger partial charge in [-0.2, -0.15) is 0 Å². The number of esters is 2. The predicted molar refractivity (Wildman–Crippen MR) is 106 cm³/mol. The van der Waals surface area contributed by atoms with E-state index in [1.54, 1.807) is 13.8 Å². The molecule has 0 spiro atoms. The molecular formula is C19H22N2O7S. The lowest BCUT2D eigenvalue weighted by atomic mass is 10.1. The minimum Gasteiger partial charge on any atom is -0.465 e. The van der Waals surface area contributed by atoms with Gasteiger partial charge in [0.15, 0.2) is 6.10 Å². The van der Waals surface area contributed by atoms with E-state index in [2.05, 4.69) is 9.71 Å². The number of hydrogen-bond donors (Lipinski definition) is 2. The highest BCUT2D eigenvalue weighted by Gasteiger charge is 2.27. The topological polar surface area (TPSA) is 132 Å². The van der Waals surface area contributed by atoms with Gasteiger partial charge in [-0.05, 0) is 44.5 Å². The number of carbonyl (C=O) groups excluding carboxylic acids is 3. The SMILES string of the molecule is COC(=O)c1c(C)[nH]c(C(=O)C(C)OC(=O)c2cccc(NS(C)(=O)=O)c2)c1C. The third-order valence-corrected chi connectivity index (χ3v) is 4.73. The molecule has 2 rings (SSSR count). The first-order chi connectivity index (χ1) is 13.4. The molecule has 0 aliphatic carbocycles. The molecule has 1 aromatic carbocycles. The fraction of sp³-hybridized carbons (Fsp3) is 0.316. The van der Waals surface area contributed by atoms with Gasteiger partial charge in [-0.15, -0.1) is 0 Å². The fourth-order valence-electron chi connectivity index (χ4n) is 2.81. The van der Waals surface area contributed by atoms with Crippen LogP contribution in [0.3, 0.4) is 0 Å². The number of ketones is 1. The number of aromatic amines is 1. The number of Topliss-reactive ketones (excluding diaryl/α,β-unsaturated/α-hetero) is 1. The van der Waals surface area contributed by atoms with E-state index in [0.29, 0.717) is 11.3 Å². The van der Waals surface area contributed by atoms with Gasteiger partial charge in [-0.3, -0.25) is 9.52 Å². The highest BCUT2D eigenvalue weighted by atomic mass is 32.2. The Morgan fingerprint density at radius 2 is 1.79 bits per heavy atom. The van der Waals surface area contributed by atoms with Crippen molar-refractivity contribution in [2.45, 2.75) is 26.9 Å². The van der Waals surface area contributed by atoms with Crippen LogP contribution in [-0.4, -0.2) is 50.6 Å². The molecule has 156 valence electrons. The van der Waals surface area contributed by atoms with E-state index in [4.69, 9.17) is 9.47 Å². The fourth-order valence-corrected chi connectivity index (χ4v) is 3.37. The molecule has 1 aromatic heterocycles. The second kappa shape index (κ2) is 8.48. The van der Waals surface area contributed by atoms with Crippen LogP contribution in [0.4, 0.5) is 5.69 Å². The second-order valence-corrected chi connectivity index (χ2v) is 8.23. The van der Waals surface area contributed by atoms with Crippen LogP contribution in [0, 0.1) is 13.8 Å². The molecule has 10 heteroatoms. The Bertz CT molecular complexity index is 1070. The summed E-state index contributed by atoms with van der Waals surface area (Å²) in [7, 11) is -2.26. The van der Waals surface area contributed by atoms with E-state index in [9.17, 15) is 22.8 Å². The van der Waals surface area contributed by atoms with Gasteiger partial charge in [0.1, 0.15) is 0 Å². The number of sulfonamides is 1. The Hall–Kier alpha value is -3.14. The van der Waals surface area contributed by atoms with Gasteiger partial charge < -0.3 is 14.5 Å². The largest absolute Gasteiger partial charge is 0.465 e. The molecule has 9 nitrogen and oxygen atoms in total. The number of nitrogens with one attached hydrogen (secondary N) is 2. The number of hydrogen-bond acceptors (Lipinski definition) is 7. The molecule has 0 amide bonds. The van der Waals surface area contributed by atoms with Crippen LogP contribution in [0.25, 0.3) is 0 Å². The number of aromatic nitrogens is 1. The summed E-state index contributed by atoms with van der Waals surface area (Å²) in [6, 6.07) is 5.70. The standard InChI is InChI=1S/C19H22N2O7S/c1-10-15(19(24)27-4)11(2)20-16(10)17(22)12(3)28-18(23)13-7-6-8-14(9-13)21-29(5,25)26/h6-9,12,20-21H,1-5H3. The summed E-state index contributed by atoms with van der Waals surface area (Å²) < 4.78 is 34.9. The first-order valence-corrected chi connectivity index (χ1v) is 10.4. The number of methoxy groups -OCH3 is 1. The second-order valence-electron chi connectivity index (χ2n) is 6.48. The van der Waals surface area contributed by atoms with Crippen molar-refractivity contribution in [2.24, 2.45) is 0 Å². The molecule has 0 saturated carbocycles. The molecule has 2 N–H and O–H groups in total. The van der Waals surface area contributed by atoms with Crippen molar-refractivity contribution in [3.05, 3.63) is 52.3 Å². The Labute approximate surface area is 168 Å². The summed E-state index contributed by atoms with van der Waals surface area (Å²) in [4.78, 5) is 39.8. The summed E-state index contributed by atoms with van der Waals surface area (Å²) in [6.07, 6.45) is -0.154. The van der Waals surface area contributed by atoms with Crippen molar-refractivity contribution in [3.8, 4) is 0 Å². The van der Waals surface area contributed by atoms with E-state index in [1.807, 2.05) is 0 Å². The molecular weight excluding hydrogens is 400 g/mol. The quantitative estimate of drug-likeness (QED) is 0.516. The third kappa shape index (κ3) is 5.23. The lowest BCUT2D eigenvalue weighted by Crippen LogP contribution is -2.25. The van der Waals surface area contributed by atoms with Crippen LogP contribution < -0.4 is 4.72 Å². The summed E-state index contributed by atoms with van der Waals surface area (Å²) in [5.74, 6) is -1.88. The van der Waals surface area contributed by atoms with Crippen molar-refractivity contribution >= 4 is 33.4 Å². The van der Waals surface area contributed by atoms with Crippen molar-refractivity contribution in [1.29, 1.82) is 0 Å². The molecule has 1 unspecified atom stereocenters. The lowest BCUT2D eigenvalue weighted by Gasteiger charge is -2.13. The molecule has 1 heterocycles. The number of anilines is 1. The first-order valence-electron chi connectivity index (χ1n) is 8.55. The molecule has 0 fully saturated rings. The average Bonchev–Trinajstić information content (AvgIpc) is 2.93. The van der Waals surface area contributed by atoms with E-state index in [1.165, 1.54) is 38.3 Å². The smallest absolute Gasteiger partial charge is 0.339 e. The van der Waals surface area contributed by atoms with E-state index >= 15 is 0 Å². The number of aryl methyl sites for hydroxylation is 1. The molecule has 0 aliphatic rings. The van der Waals surface area contributed by atoms with E-state index in [0.717, 1.165) is 6.26 Å². The van der Waals surface area contributed by atoms with Crippen molar-refractivity contribution in [2.75, 3.05) is 18.1 Å². The molecule has 2 aromatic rings. The number of carbonyl (C=O) groups is 3. The Morgan fingerprint density at radius 3 is 2.38 bits per heavy atom. The van der Waals surface area contributed by atoms with Crippen LogP contribution in [0.1, 0.15) is 49.4 Å². The van der Waals surface area contributed by atoms with Crippen molar-refractivity contribution < 1.29 is 32.3 Å². The van der Waals surface area contributed by atoms with Crippen LogP contribution in [-0.2, 0) is 19.5 Å². The lowest BCUT2D eigenvalue weighted by molar-refractivity contribution is 0.0317. The number of H-pyrrole nitrogens is 1. The number of rotatable bonds is 7. The van der Waals surface area contributed by atoms with Crippen LogP contribution >= 0.6 is 0 Å². The van der Waals surface area contributed by atoms with Gasteiger partial charge in [-0.1, -0.05) is 6.07 Å². The maximum atomic E-state index is 12.7. The molecule has 0 aliphatic heterocycles. The monoisotopic (exact) mass is 422 g/mol. The van der Waals surface area contributed by atoms with Gasteiger partial charge in [0.2, 0.25) is 15.8 Å². The zero-order valence-electron chi connectivity index (χ0n) is 16.7. The third-order valence-electron chi connectivity index (χ3n) is 4.13. The van der Waals surface area contributed by atoms with Crippen molar-refractivity contribution in [1.82, 2.24) is 4.98 Å². The van der Waals surface area contributed by atoms with Gasteiger partial charge in [0.05, 0.1) is 30.2 Å². The van der Waals surface area contributed by atoms with Gasteiger partial charge in [0.25, 0.3) is 0 Å². The highest BCUT2D eigenvalue weighted by Crippen LogP contribution is 2.21. The molecule has 0 radical (unpaired) electrons.